The smallest absolute Gasteiger partial charge is 0.187 e. The van der Waals surface area contributed by atoms with Crippen LogP contribution >= 0.6 is 23.2 Å². The van der Waals surface area contributed by atoms with Gasteiger partial charge in [0, 0.05) is 10.6 Å². The fourth-order valence-corrected chi connectivity index (χ4v) is 2.37. The summed E-state index contributed by atoms with van der Waals surface area (Å²) in [5.41, 5.74) is 2.55. The van der Waals surface area contributed by atoms with Gasteiger partial charge in [-0.3, -0.25) is 9.78 Å². The molecule has 2 aromatic carbocycles. The van der Waals surface area contributed by atoms with Gasteiger partial charge in [-0.05, 0) is 42.5 Å². The van der Waals surface area contributed by atoms with Crippen LogP contribution in [0.4, 0.5) is 0 Å². The molecule has 0 spiro atoms. The van der Waals surface area contributed by atoms with Crippen molar-refractivity contribution >= 4 is 46.1 Å². The van der Waals surface area contributed by atoms with Crippen LogP contribution in [-0.2, 0) is 0 Å². The molecule has 0 radical (unpaired) electrons. The molecule has 0 N–H and O–H groups in total. The van der Waals surface area contributed by atoms with E-state index in [1.165, 1.54) is 6.08 Å². The zero-order valence-corrected chi connectivity index (χ0v) is 12.8. The van der Waals surface area contributed by atoms with Crippen molar-refractivity contribution in [2.75, 3.05) is 0 Å². The van der Waals surface area contributed by atoms with Gasteiger partial charge in [-0.1, -0.05) is 35.3 Å². The molecule has 3 nitrogen and oxygen atoms in total. The van der Waals surface area contributed by atoms with E-state index in [1.807, 2.05) is 24.3 Å². The summed E-state index contributed by atoms with van der Waals surface area (Å²) in [6, 6.07) is 12.3. The van der Waals surface area contributed by atoms with Gasteiger partial charge in [0.2, 0.25) is 0 Å². The number of hydrogen-bond acceptors (Lipinski definition) is 3. The summed E-state index contributed by atoms with van der Waals surface area (Å²) < 4.78 is 0. The Balaban J connectivity index is 1.88. The third kappa shape index (κ3) is 3.16. The van der Waals surface area contributed by atoms with E-state index < -0.39 is 0 Å². The van der Waals surface area contributed by atoms with Crippen LogP contribution in [-0.4, -0.2) is 15.8 Å². The van der Waals surface area contributed by atoms with E-state index in [0.717, 1.165) is 11.0 Å². The summed E-state index contributed by atoms with van der Waals surface area (Å²) in [4.78, 5) is 20.9. The lowest BCUT2D eigenvalue weighted by atomic mass is 10.1. The highest BCUT2D eigenvalue weighted by Crippen LogP contribution is 2.21. The van der Waals surface area contributed by atoms with Crippen LogP contribution in [0.15, 0.2) is 54.7 Å². The second-order valence-corrected chi connectivity index (χ2v) is 5.45. The van der Waals surface area contributed by atoms with Gasteiger partial charge in [0.15, 0.2) is 5.78 Å². The highest BCUT2D eigenvalue weighted by molar-refractivity contribution is 6.36. The van der Waals surface area contributed by atoms with Crippen molar-refractivity contribution in [1.29, 1.82) is 0 Å². The van der Waals surface area contributed by atoms with Crippen LogP contribution in [0.25, 0.3) is 17.1 Å². The average Bonchev–Trinajstić information content (AvgIpc) is 2.54. The van der Waals surface area contributed by atoms with Crippen LogP contribution in [0, 0.1) is 0 Å². The van der Waals surface area contributed by atoms with Gasteiger partial charge in [0.25, 0.3) is 0 Å². The topological polar surface area (TPSA) is 42.9 Å². The maximum absolute atomic E-state index is 12.2. The lowest BCUT2D eigenvalue weighted by Crippen LogP contribution is -1.96. The van der Waals surface area contributed by atoms with Crippen molar-refractivity contribution in [2.45, 2.75) is 0 Å². The number of nitrogens with zero attached hydrogens (tertiary/aromatic N) is 2. The Morgan fingerprint density at radius 1 is 1.05 bits per heavy atom. The number of hydrogen-bond donors (Lipinski definition) is 0. The van der Waals surface area contributed by atoms with Crippen LogP contribution in [0.3, 0.4) is 0 Å². The first-order valence-electron chi connectivity index (χ1n) is 6.53. The average molecular weight is 329 g/mol. The second-order valence-electron chi connectivity index (χ2n) is 4.61. The summed E-state index contributed by atoms with van der Waals surface area (Å²) >= 11 is 11.9. The molecular weight excluding hydrogens is 319 g/mol. The van der Waals surface area contributed by atoms with Gasteiger partial charge in [0.05, 0.1) is 27.9 Å². The molecule has 1 heterocycles. The molecule has 0 amide bonds. The van der Waals surface area contributed by atoms with E-state index in [9.17, 15) is 4.79 Å². The molecule has 0 fully saturated rings. The Kier molecular flexibility index (Phi) is 4.18. The highest BCUT2D eigenvalue weighted by atomic mass is 35.5. The maximum atomic E-state index is 12.2. The van der Waals surface area contributed by atoms with E-state index in [4.69, 9.17) is 23.2 Å². The fraction of sp³-hybridized carbons (Fsp3) is 0. The zero-order chi connectivity index (χ0) is 15.5. The number of halogens is 2. The van der Waals surface area contributed by atoms with Gasteiger partial charge in [-0.25, -0.2) is 4.98 Å². The molecular formula is C17H10Cl2N2O. The quantitative estimate of drug-likeness (QED) is 0.510. The minimum atomic E-state index is -0.234. The van der Waals surface area contributed by atoms with Gasteiger partial charge >= 0.3 is 0 Å². The molecule has 3 aromatic rings. The standard InChI is InChI=1S/C17H10Cl2N2O/c18-11-5-7-14(19)13(9-11)17(22)8-6-12-10-20-15-3-1-2-4-16(15)21-12/h1-10H/b8-6+. The Morgan fingerprint density at radius 2 is 1.82 bits per heavy atom. The number of rotatable bonds is 3. The van der Waals surface area contributed by atoms with Gasteiger partial charge in [0.1, 0.15) is 0 Å². The minimum Gasteiger partial charge on any atom is -0.289 e. The first-order valence-corrected chi connectivity index (χ1v) is 7.28. The largest absolute Gasteiger partial charge is 0.289 e. The number of aromatic nitrogens is 2. The van der Waals surface area contributed by atoms with Crippen LogP contribution in [0.2, 0.25) is 10.0 Å². The van der Waals surface area contributed by atoms with E-state index >= 15 is 0 Å². The molecule has 5 heteroatoms. The van der Waals surface area contributed by atoms with E-state index in [1.54, 1.807) is 30.5 Å². The van der Waals surface area contributed by atoms with Crippen molar-refractivity contribution < 1.29 is 4.79 Å². The molecule has 0 aliphatic heterocycles. The van der Waals surface area contributed by atoms with Crippen molar-refractivity contribution in [2.24, 2.45) is 0 Å². The van der Waals surface area contributed by atoms with Crippen molar-refractivity contribution in [3.05, 3.63) is 76.0 Å². The predicted octanol–water partition coefficient (Wildman–Crippen LogP) is 4.83. The van der Waals surface area contributed by atoms with E-state index in [0.29, 0.717) is 21.3 Å². The number of para-hydroxylation sites is 2. The lowest BCUT2D eigenvalue weighted by Gasteiger charge is -2.01. The monoisotopic (exact) mass is 328 g/mol. The number of benzene rings is 2. The summed E-state index contributed by atoms with van der Waals surface area (Å²) in [7, 11) is 0. The normalized spacial score (nSPS) is 11.2. The van der Waals surface area contributed by atoms with Crippen LogP contribution in [0.1, 0.15) is 16.1 Å². The Morgan fingerprint density at radius 3 is 2.64 bits per heavy atom. The Bertz CT molecular complexity index is 891. The molecule has 0 saturated carbocycles. The molecule has 22 heavy (non-hydrogen) atoms. The summed E-state index contributed by atoms with van der Waals surface area (Å²) in [6.45, 7) is 0. The molecule has 0 unspecified atom stereocenters. The first-order chi connectivity index (χ1) is 10.6. The van der Waals surface area contributed by atoms with Crippen molar-refractivity contribution in [1.82, 2.24) is 9.97 Å². The zero-order valence-electron chi connectivity index (χ0n) is 11.3. The molecule has 0 atom stereocenters. The molecule has 3 rings (SSSR count). The summed E-state index contributed by atoms with van der Waals surface area (Å²) in [5.74, 6) is -0.234. The molecule has 0 bridgehead atoms. The third-order valence-electron chi connectivity index (χ3n) is 3.07. The Hall–Kier alpha value is -2.23. The van der Waals surface area contributed by atoms with Crippen LogP contribution < -0.4 is 0 Å². The Labute approximate surface area is 137 Å². The second kappa shape index (κ2) is 6.26. The lowest BCUT2D eigenvalue weighted by molar-refractivity contribution is 0.104. The van der Waals surface area contributed by atoms with Crippen molar-refractivity contribution in [3.8, 4) is 0 Å². The summed E-state index contributed by atoms with van der Waals surface area (Å²) in [6.07, 6.45) is 4.64. The van der Waals surface area contributed by atoms with Crippen LogP contribution in [0.5, 0.6) is 0 Å². The third-order valence-corrected chi connectivity index (χ3v) is 3.63. The number of fused-ring (bicyclic) bond motifs is 1. The maximum Gasteiger partial charge on any atom is 0.187 e. The number of carbonyl (C=O) groups is 1. The minimum absolute atomic E-state index is 0.234. The number of ketones is 1. The molecule has 0 aliphatic carbocycles. The van der Waals surface area contributed by atoms with Gasteiger partial charge in [-0.15, -0.1) is 0 Å². The summed E-state index contributed by atoms with van der Waals surface area (Å²) in [5, 5.41) is 0.829. The molecule has 108 valence electrons. The van der Waals surface area contributed by atoms with Crippen molar-refractivity contribution in [3.63, 3.8) is 0 Å². The van der Waals surface area contributed by atoms with E-state index in [-0.39, 0.29) is 5.78 Å². The molecule has 1 aromatic heterocycles. The van der Waals surface area contributed by atoms with E-state index in [2.05, 4.69) is 9.97 Å². The number of allylic oxidation sites excluding steroid dienone is 1. The van der Waals surface area contributed by atoms with Gasteiger partial charge in [-0.2, -0.15) is 0 Å². The van der Waals surface area contributed by atoms with Gasteiger partial charge < -0.3 is 0 Å². The molecule has 0 saturated heterocycles. The number of carbonyl (C=O) groups excluding carboxylic acids is 1. The fourth-order valence-electron chi connectivity index (χ4n) is 1.99. The predicted molar refractivity (Wildman–Crippen MR) is 89.4 cm³/mol. The highest BCUT2D eigenvalue weighted by Gasteiger charge is 2.08. The SMILES string of the molecule is O=C(/C=C/c1cnc2ccccc2n1)c1cc(Cl)ccc1Cl. The first kappa shape index (κ1) is 14.7. The molecule has 0 aliphatic rings.